The number of benzene rings is 8. The van der Waals surface area contributed by atoms with Gasteiger partial charge in [0.2, 0.25) is 0 Å². The van der Waals surface area contributed by atoms with E-state index in [1.165, 1.54) is 38.7 Å². The van der Waals surface area contributed by atoms with E-state index in [1.807, 2.05) is 75.4 Å². The van der Waals surface area contributed by atoms with Crippen molar-refractivity contribution in [3.8, 4) is 11.1 Å². The number of aliphatic imine (C=N–C) groups is 2. The Labute approximate surface area is 366 Å². The number of nitrogens with zero attached hydrogens (tertiary/aromatic N) is 2. The number of hydrogen-bond acceptors (Lipinski definition) is 2. The monoisotopic (exact) mass is 806 g/mol. The summed E-state index contributed by atoms with van der Waals surface area (Å²) in [5.41, 5.74) is 12.8. The topological polar surface area (TPSA) is 37.9 Å². The zero-order valence-electron chi connectivity index (χ0n) is 36.7. The third-order valence-corrected chi connectivity index (χ3v) is 10.8. The summed E-state index contributed by atoms with van der Waals surface area (Å²) in [6.07, 6.45) is 7.58. The fraction of sp³-hybridized carbons (Fsp3) is 0.119. The molecule has 62 heavy (non-hydrogen) atoms. The molecule has 8 aromatic carbocycles. The van der Waals surface area contributed by atoms with Gasteiger partial charge in [-0.25, -0.2) is 9.98 Å². The van der Waals surface area contributed by atoms with Crippen molar-refractivity contribution in [3.63, 3.8) is 0 Å². The molecule has 0 fully saturated rings. The first-order valence-electron chi connectivity index (χ1n) is 21.7. The first-order valence-corrected chi connectivity index (χ1v) is 21.7. The molecule has 0 aliphatic heterocycles. The Morgan fingerprint density at radius 3 is 1.82 bits per heavy atom. The Balaban J connectivity index is 0.00000111. The van der Waals surface area contributed by atoms with Gasteiger partial charge in [0.15, 0.2) is 5.84 Å². The highest BCUT2D eigenvalue weighted by Crippen LogP contribution is 2.47. The van der Waals surface area contributed by atoms with Gasteiger partial charge in [0.05, 0.1) is 5.70 Å². The molecule has 0 unspecified atom stereocenters. The highest BCUT2D eigenvalue weighted by Gasteiger charge is 2.21. The summed E-state index contributed by atoms with van der Waals surface area (Å²) in [5, 5.41) is 7.19. The predicted octanol–water partition coefficient (Wildman–Crippen LogP) is 17.0. The van der Waals surface area contributed by atoms with Crippen molar-refractivity contribution in [2.75, 3.05) is 0 Å². The lowest BCUT2D eigenvalue weighted by Gasteiger charge is -2.16. The Bertz CT molecular complexity index is 3120. The van der Waals surface area contributed by atoms with E-state index in [0.717, 1.165) is 67.0 Å². The second-order valence-corrected chi connectivity index (χ2v) is 14.9. The molecule has 0 amide bonds. The maximum absolute atomic E-state index is 6.44. The van der Waals surface area contributed by atoms with Gasteiger partial charge in [-0.2, -0.15) is 0 Å². The van der Waals surface area contributed by atoms with Gasteiger partial charge >= 0.3 is 0 Å². The molecule has 3 heteroatoms. The molecular weight excluding hydrogens is 753 g/mol. The summed E-state index contributed by atoms with van der Waals surface area (Å²) in [6.45, 7) is 21.1. The van der Waals surface area contributed by atoms with Crippen molar-refractivity contribution in [2.24, 2.45) is 9.98 Å². The molecule has 9 aromatic rings. The van der Waals surface area contributed by atoms with Gasteiger partial charge < -0.3 is 4.42 Å². The third-order valence-electron chi connectivity index (χ3n) is 10.8. The lowest BCUT2D eigenvalue weighted by molar-refractivity contribution is 0.669. The lowest BCUT2D eigenvalue weighted by atomic mass is 9.86. The molecule has 1 heterocycles. The summed E-state index contributed by atoms with van der Waals surface area (Å²) < 4.78 is 6.44. The largest absolute Gasteiger partial charge is 0.456 e. The number of rotatable bonds is 9. The Morgan fingerprint density at radius 2 is 1.11 bits per heavy atom. The lowest BCUT2D eigenvalue weighted by Crippen LogP contribution is -2.04. The average Bonchev–Trinajstić information content (AvgIpc) is 3.72. The van der Waals surface area contributed by atoms with Gasteiger partial charge in [-0.15, -0.1) is 0 Å². The maximum Gasteiger partial charge on any atom is 0.160 e. The minimum Gasteiger partial charge on any atom is -0.456 e. The summed E-state index contributed by atoms with van der Waals surface area (Å²) in [7, 11) is 0. The molecule has 306 valence electrons. The minimum atomic E-state index is 0.614. The Morgan fingerprint density at radius 1 is 0.548 bits per heavy atom. The van der Waals surface area contributed by atoms with Crippen LogP contribution in [0.25, 0.3) is 71.5 Å². The van der Waals surface area contributed by atoms with Crippen molar-refractivity contribution in [1.82, 2.24) is 0 Å². The van der Waals surface area contributed by atoms with Gasteiger partial charge in [0, 0.05) is 33.0 Å². The van der Waals surface area contributed by atoms with E-state index in [9.17, 15) is 0 Å². The first kappa shape index (κ1) is 42.8. The van der Waals surface area contributed by atoms with E-state index >= 15 is 0 Å². The molecular formula is C59H54N2O. The van der Waals surface area contributed by atoms with E-state index in [4.69, 9.17) is 14.4 Å². The second kappa shape index (κ2) is 19.8. The van der Waals surface area contributed by atoms with Crippen LogP contribution in [0.2, 0.25) is 0 Å². The molecule has 0 spiro atoms. The summed E-state index contributed by atoms with van der Waals surface area (Å²) in [6, 6.07) is 56.6. The van der Waals surface area contributed by atoms with Gasteiger partial charge in [-0.3, -0.25) is 0 Å². The molecule has 9 rings (SSSR count). The van der Waals surface area contributed by atoms with Crippen molar-refractivity contribution in [3.05, 3.63) is 223 Å². The molecule has 3 nitrogen and oxygen atoms in total. The Kier molecular flexibility index (Phi) is 13.7. The normalized spacial score (nSPS) is 12.3. The number of amidine groups is 1. The van der Waals surface area contributed by atoms with Crippen LogP contribution >= 0.6 is 0 Å². The minimum absolute atomic E-state index is 0.614. The average molecular weight is 807 g/mol. The van der Waals surface area contributed by atoms with Crippen LogP contribution in [-0.4, -0.2) is 11.5 Å². The van der Waals surface area contributed by atoms with Crippen LogP contribution in [0, 0.1) is 0 Å². The first-order chi connectivity index (χ1) is 30.4. The van der Waals surface area contributed by atoms with Crippen LogP contribution in [0.4, 0.5) is 0 Å². The summed E-state index contributed by atoms with van der Waals surface area (Å²) >= 11 is 0. The molecule has 0 saturated carbocycles. The van der Waals surface area contributed by atoms with Crippen LogP contribution in [-0.2, 0) is 0 Å². The Hall–Kier alpha value is -7.36. The summed E-state index contributed by atoms with van der Waals surface area (Å²) in [4.78, 5) is 10.0. The molecule has 0 aliphatic rings. The van der Waals surface area contributed by atoms with E-state index in [1.54, 1.807) is 0 Å². The number of hydrogen-bond donors (Lipinski definition) is 0. The molecule has 0 radical (unpaired) electrons. The molecule has 0 atom stereocenters. The van der Waals surface area contributed by atoms with Gasteiger partial charge in [0.1, 0.15) is 11.2 Å². The van der Waals surface area contributed by atoms with Crippen LogP contribution in [0.5, 0.6) is 0 Å². The number of fused-ring (bicyclic) bond motifs is 3. The molecule has 0 saturated heterocycles. The SMILES string of the molecule is C=C/C(=C\C(=C/C)c1cccc(C(=C)N=C(N=C(C)c2ccccc2)c2ccccc2)c1)c1ccccc1-c1ccc2oc3cccc4c5ccccc5c1c2c34.CC.CCC. The molecule has 1 aromatic heterocycles. The van der Waals surface area contributed by atoms with Crippen molar-refractivity contribution < 1.29 is 4.42 Å². The number of furan rings is 1. The molecule has 0 bridgehead atoms. The second-order valence-electron chi connectivity index (χ2n) is 14.9. The predicted molar refractivity (Wildman–Crippen MR) is 272 cm³/mol. The van der Waals surface area contributed by atoms with E-state index < -0.39 is 0 Å². The van der Waals surface area contributed by atoms with Crippen molar-refractivity contribution >= 4 is 71.9 Å². The van der Waals surface area contributed by atoms with Gasteiger partial charge in [0.25, 0.3) is 0 Å². The zero-order valence-corrected chi connectivity index (χ0v) is 36.7. The van der Waals surface area contributed by atoms with Crippen LogP contribution < -0.4 is 0 Å². The van der Waals surface area contributed by atoms with Crippen LogP contribution in [0.1, 0.15) is 75.8 Å². The quantitative estimate of drug-likeness (QED) is 0.0620. The maximum atomic E-state index is 6.44. The van der Waals surface area contributed by atoms with Gasteiger partial charge in [-0.1, -0.05) is 199 Å². The fourth-order valence-corrected chi connectivity index (χ4v) is 8.01. The highest BCUT2D eigenvalue weighted by molar-refractivity contribution is 6.35. The smallest absolute Gasteiger partial charge is 0.160 e. The van der Waals surface area contributed by atoms with Crippen molar-refractivity contribution in [2.45, 2.75) is 48.0 Å². The van der Waals surface area contributed by atoms with Crippen LogP contribution in [0.15, 0.2) is 210 Å². The third kappa shape index (κ3) is 8.62. The van der Waals surface area contributed by atoms with E-state index in [-0.39, 0.29) is 0 Å². The number of allylic oxidation sites excluding steroid dienone is 5. The van der Waals surface area contributed by atoms with Gasteiger partial charge in [-0.05, 0) is 99.3 Å². The highest BCUT2D eigenvalue weighted by atomic mass is 16.3. The fourth-order valence-electron chi connectivity index (χ4n) is 8.01. The van der Waals surface area contributed by atoms with Crippen molar-refractivity contribution in [1.29, 1.82) is 0 Å². The molecule has 0 N–H and O–H groups in total. The molecule has 0 aliphatic carbocycles. The van der Waals surface area contributed by atoms with E-state index in [2.05, 4.69) is 161 Å². The zero-order chi connectivity index (χ0) is 43.6. The summed E-state index contributed by atoms with van der Waals surface area (Å²) in [5.74, 6) is 0.614. The standard InChI is InChI=1S/C54H40N2O.C3H8.C2H6/c1-5-37(42-24-17-23-41(34-42)36(4)56-54(40-21-11-8-12-22-40)55-35(3)39-19-9-7-10-20-39)33-38(6-2)43-25-13-14-26-44(43)48-31-32-50-53-51(48)46-28-16-15-27-45(46)47-29-18-30-49(57-50)52(47)53;1-3-2;1-2/h5-34H,2,4H2,1,3H3;3H2,1-2H3;1-2H3/b37-5+,38-33+,55-35?,56-54?;;. The van der Waals surface area contributed by atoms with Crippen LogP contribution in [0.3, 0.4) is 0 Å². The van der Waals surface area contributed by atoms with E-state index in [0.29, 0.717) is 11.5 Å².